The van der Waals surface area contributed by atoms with Gasteiger partial charge in [-0.25, -0.2) is 0 Å². The summed E-state index contributed by atoms with van der Waals surface area (Å²) in [6.07, 6.45) is 2.92. The number of aliphatic hydroxyl groups is 1. The number of ether oxygens (including phenoxy) is 1. The van der Waals surface area contributed by atoms with Gasteiger partial charge in [-0.2, -0.15) is 0 Å². The molecule has 14 heavy (non-hydrogen) atoms. The van der Waals surface area contributed by atoms with E-state index in [1.165, 1.54) is 6.42 Å². The molecule has 0 radical (unpaired) electrons. The SMILES string of the molecule is CC(C)CCCOCCC(C)(O)CN. The summed E-state index contributed by atoms with van der Waals surface area (Å²) in [5.41, 5.74) is 4.62. The van der Waals surface area contributed by atoms with E-state index >= 15 is 0 Å². The summed E-state index contributed by atoms with van der Waals surface area (Å²) in [4.78, 5) is 0. The molecule has 0 amide bonds. The van der Waals surface area contributed by atoms with Gasteiger partial charge in [0.25, 0.3) is 0 Å². The molecular weight excluding hydrogens is 178 g/mol. The van der Waals surface area contributed by atoms with Crippen LogP contribution in [0.4, 0.5) is 0 Å². The molecule has 0 spiro atoms. The summed E-state index contributed by atoms with van der Waals surface area (Å²) in [7, 11) is 0. The van der Waals surface area contributed by atoms with Crippen LogP contribution in [0.3, 0.4) is 0 Å². The summed E-state index contributed by atoms with van der Waals surface area (Å²) < 4.78 is 5.41. The average Bonchev–Trinajstić information content (AvgIpc) is 2.10. The van der Waals surface area contributed by atoms with Crippen molar-refractivity contribution < 1.29 is 9.84 Å². The van der Waals surface area contributed by atoms with Gasteiger partial charge in [0, 0.05) is 26.2 Å². The van der Waals surface area contributed by atoms with Crippen molar-refractivity contribution in [2.45, 2.75) is 45.6 Å². The standard InChI is InChI=1S/C11H25NO2/c1-10(2)5-4-7-14-8-6-11(3,13)9-12/h10,13H,4-9,12H2,1-3H3. The first-order chi connectivity index (χ1) is 6.48. The normalized spacial score (nSPS) is 15.9. The highest BCUT2D eigenvalue weighted by Crippen LogP contribution is 2.07. The second-order valence-electron chi connectivity index (χ2n) is 4.60. The van der Waals surface area contributed by atoms with Crippen LogP contribution < -0.4 is 5.73 Å². The zero-order chi connectivity index (χ0) is 11.0. The van der Waals surface area contributed by atoms with E-state index in [-0.39, 0.29) is 0 Å². The van der Waals surface area contributed by atoms with Crippen LogP contribution in [0.15, 0.2) is 0 Å². The lowest BCUT2D eigenvalue weighted by Gasteiger charge is -2.20. The van der Waals surface area contributed by atoms with Crippen LogP contribution >= 0.6 is 0 Å². The third-order valence-corrected chi connectivity index (χ3v) is 2.29. The fourth-order valence-electron chi connectivity index (χ4n) is 1.09. The van der Waals surface area contributed by atoms with Gasteiger partial charge in [0.15, 0.2) is 0 Å². The molecule has 0 rings (SSSR count). The van der Waals surface area contributed by atoms with Gasteiger partial charge in [-0.3, -0.25) is 0 Å². The predicted octanol–water partition coefficient (Wildman–Crippen LogP) is 1.54. The molecular formula is C11H25NO2. The third kappa shape index (κ3) is 8.48. The molecule has 0 saturated carbocycles. The molecule has 0 aromatic rings. The van der Waals surface area contributed by atoms with Gasteiger partial charge in [-0.1, -0.05) is 13.8 Å². The van der Waals surface area contributed by atoms with Crippen molar-refractivity contribution in [3.63, 3.8) is 0 Å². The highest BCUT2D eigenvalue weighted by atomic mass is 16.5. The molecule has 86 valence electrons. The first-order valence-electron chi connectivity index (χ1n) is 5.48. The summed E-state index contributed by atoms with van der Waals surface area (Å²) in [6, 6.07) is 0. The van der Waals surface area contributed by atoms with Gasteiger partial charge < -0.3 is 15.6 Å². The van der Waals surface area contributed by atoms with Crippen LogP contribution in [0.5, 0.6) is 0 Å². The molecule has 0 fully saturated rings. The smallest absolute Gasteiger partial charge is 0.0763 e. The maximum atomic E-state index is 9.56. The Kier molecular flexibility index (Phi) is 7.15. The molecule has 3 nitrogen and oxygen atoms in total. The van der Waals surface area contributed by atoms with E-state index in [9.17, 15) is 5.11 Å². The van der Waals surface area contributed by atoms with Crippen LogP contribution in [-0.2, 0) is 4.74 Å². The number of rotatable bonds is 8. The maximum Gasteiger partial charge on any atom is 0.0763 e. The highest BCUT2D eigenvalue weighted by Gasteiger charge is 2.16. The zero-order valence-corrected chi connectivity index (χ0v) is 9.75. The first-order valence-corrected chi connectivity index (χ1v) is 5.48. The van der Waals surface area contributed by atoms with Gasteiger partial charge in [0.2, 0.25) is 0 Å². The lowest BCUT2D eigenvalue weighted by atomic mass is 10.0. The Hall–Kier alpha value is -0.120. The van der Waals surface area contributed by atoms with E-state index in [0.29, 0.717) is 19.6 Å². The fourth-order valence-corrected chi connectivity index (χ4v) is 1.09. The van der Waals surface area contributed by atoms with Crippen LogP contribution in [0.1, 0.15) is 40.0 Å². The Morgan fingerprint density at radius 2 is 2.00 bits per heavy atom. The number of hydrogen-bond donors (Lipinski definition) is 2. The lowest BCUT2D eigenvalue weighted by molar-refractivity contribution is 0.0199. The topological polar surface area (TPSA) is 55.5 Å². The molecule has 0 heterocycles. The van der Waals surface area contributed by atoms with Crippen molar-refractivity contribution in [3.8, 4) is 0 Å². The third-order valence-electron chi connectivity index (χ3n) is 2.29. The molecule has 0 aliphatic rings. The quantitative estimate of drug-likeness (QED) is 0.588. The second-order valence-corrected chi connectivity index (χ2v) is 4.60. The number of nitrogens with two attached hydrogens (primary N) is 1. The largest absolute Gasteiger partial charge is 0.389 e. The van der Waals surface area contributed by atoms with Crippen molar-refractivity contribution >= 4 is 0 Å². The van der Waals surface area contributed by atoms with Gasteiger partial charge in [-0.05, 0) is 25.7 Å². The van der Waals surface area contributed by atoms with Crippen molar-refractivity contribution in [1.82, 2.24) is 0 Å². The van der Waals surface area contributed by atoms with E-state index in [2.05, 4.69) is 13.8 Å². The molecule has 0 saturated heterocycles. The van der Waals surface area contributed by atoms with Crippen LogP contribution in [0.25, 0.3) is 0 Å². The average molecular weight is 203 g/mol. The van der Waals surface area contributed by atoms with Crippen molar-refractivity contribution in [3.05, 3.63) is 0 Å². The monoisotopic (exact) mass is 203 g/mol. The predicted molar refractivity (Wildman–Crippen MR) is 59.2 cm³/mol. The van der Waals surface area contributed by atoms with Crippen LogP contribution in [0, 0.1) is 5.92 Å². The Morgan fingerprint density at radius 1 is 1.36 bits per heavy atom. The lowest BCUT2D eigenvalue weighted by Crippen LogP contribution is -2.35. The molecule has 3 N–H and O–H groups in total. The van der Waals surface area contributed by atoms with E-state index in [1.807, 2.05) is 0 Å². The van der Waals surface area contributed by atoms with E-state index in [0.717, 1.165) is 18.9 Å². The van der Waals surface area contributed by atoms with Crippen molar-refractivity contribution in [2.75, 3.05) is 19.8 Å². The summed E-state index contributed by atoms with van der Waals surface area (Å²) in [5, 5.41) is 9.56. The van der Waals surface area contributed by atoms with Gasteiger partial charge in [0.1, 0.15) is 0 Å². The summed E-state index contributed by atoms with van der Waals surface area (Å²) >= 11 is 0. The first kappa shape index (κ1) is 13.9. The van der Waals surface area contributed by atoms with Gasteiger partial charge >= 0.3 is 0 Å². The fraction of sp³-hybridized carbons (Fsp3) is 1.00. The minimum atomic E-state index is -0.766. The van der Waals surface area contributed by atoms with Crippen molar-refractivity contribution in [1.29, 1.82) is 0 Å². The minimum Gasteiger partial charge on any atom is -0.389 e. The van der Waals surface area contributed by atoms with E-state index in [4.69, 9.17) is 10.5 Å². The molecule has 1 atom stereocenters. The molecule has 0 aliphatic heterocycles. The molecule has 0 aromatic carbocycles. The Bertz CT molecular complexity index is 135. The zero-order valence-electron chi connectivity index (χ0n) is 9.75. The van der Waals surface area contributed by atoms with Crippen molar-refractivity contribution in [2.24, 2.45) is 11.7 Å². The summed E-state index contributed by atoms with van der Waals surface area (Å²) in [6.45, 7) is 7.84. The number of hydrogen-bond acceptors (Lipinski definition) is 3. The second kappa shape index (κ2) is 7.21. The Morgan fingerprint density at radius 3 is 2.50 bits per heavy atom. The highest BCUT2D eigenvalue weighted by molar-refractivity contribution is 4.72. The van der Waals surface area contributed by atoms with Gasteiger partial charge in [0.05, 0.1) is 5.60 Å². The molecule has 0 bridgehead atoms. The molecule has 0 aromatic heterocycles. The van der Waals surface area contributed by atoms with Crippen LogP contribution in [-0.4, -0.2) is 30.5 Å². The Labute approximate surface area is 87.6 Å². The minimum absolute atomic E-state index is 0.294. The maximum absolute atomic E-state index is 9.56. The molecule has 3 heteroatoms. The van der Waals surface area contributed by atoms with E-state index in [1.54, 1.807) is 6.92 Å². The van der Waals surface area contributed by atoms with E-state index < -0.39 is 5.60 Å². The summed E-state index contributed by atoms with van der Waals surface area (Å²) in [5.74, 6) is 0.741. The van der Waals surface area contributed by atoms with Gasteiger partial charge in [-0.15, -0.1) is 0 Å². The molecule has 1 unspecified atom stereocenters. The molecule has 0 aliphatic carbocycles. The van der Waals surface area contributed by atoms with Crippen LogP contribution in [0.2, 0.25) is 0 Å². The Balaban J connectivity index is 3.21.